The molecule has 9 heteroatoms. The first kappa shape index (κ1) is 21.1. The van der Waals surface area contributed by atoms with Gasteiger partial charge >= 0.3 is 0 Å². The van der Waals surface area contributed by atoms with Crippen LogP contribution in [0.1, 0.15) is 0 Å². The van der Waals surface area contributed by atoms with Crippen molar-refractivity contribution in [3.05, 3.63) is 65.2 Å². The highest BCUT2D eigenvalue weighted by Crippen LogP contribution is 2.33. The van der Waals surface area contributed by atoms with E-state index in [0.717, 1.165) is 13.1 Å². The molecule has 1 aromatic heterocycles. The number of fused-ring (bicyclic) bond motifs is 2. The molecule has 9 nitrogen and oxygen atoms in total. The van der Waals surface area contributed by atoms with Gasteiger partial charge in [-0.3, -0.25) is 19.0 Å². The van der Waals surface area contributed by atoms with Crippen molar-refractivity contribution < 1.29 is 14.3 Å². The summed E-state index contributed by atoms with van der Waals surface area (Å²) in [6.07, 6.45) is 0.598. The summed E-state index contributed by atoms with van der Waals surface area (Å²) in [5, 5.41) is 0.457. The van der Waals surface area contributed by atoms with Gasteiger partial charge in [0.1, 0.15) is 12.3 Å². The Bertz CT molecular complexity index is 1260. The maximum absolute atomic E-state index is 13.4. The van der Waals surface area contributed by atoms with Crippen molar-refractivity contribution in [2.24, 2.45) is 0 Å². The molecular formula is C24H25N5O4. The Hall–Kier alpha value is -3.72. The predicted octanol–water partition coefficient (Wildman–Crippen LogP) is 0.965. The van der Waals surface area contributed by atoms with E-state index in [-0.39, 0.29) is 30.5 Å². The highest BCUT2D eigenvalue weighted by molar-refractivity contribution is 5.97. The largest absolute Gasteiger partial charge is 0.476 e. The SMILES string of the molecule is CN1CCN(C(=O)[C@H]2CN(C(=O)Cn3cnc4ccccc4c3=O)c3ccccc3O2)CC1. The normalized spacial score (nSPS) is 18.6. The van der Waals surface area contributed by atoms with Crippen molar-refractivity contribution in [2.75, 3.05) is 44.7 Å². The van der Waals surface area contributed by atoms with Crippen LogP contribution in [0.4, 0.5) is 5.69 Å². The number of benzene rings is 2. The summed E-state index contributed by atoms with van der Waals surface area (Å²) in [7, 11) is 2.03. The minimum Gasteiger partial charge on any atom is -0.476 e. The topological polar surface area (TPSA) is 88.0 Å². The van der Waals surface area contributed by atoms with E-state index < -0.39 is 6.10 Å². The molecule has 0 aliphatic carbocycles. The van der Waals surface area contributed by atoms with Crippen LogP contribution in [0.2, 0.25) is 0 Å². The van der Waals surface area contributed by atoms with E-state index in [2.05, 4.69) is 9.88 Å². The molecular weight excluding hydrogens is 422 g/mol. The van der Waals surface area contributed by atoms with E-state index in [1.54, 1.807) is 40.1 Å². The second-order valence-corrected chi connectivity index (χ2v) is 8.40. The fourth-order valence-corrected chi connectivity index (χ4v) is 4.28. The fourth-order valence-electron chi connectivity index (χ4n) is 4.28. The lowest BCUT2D eigenvalue weighted by Crippen LogP contribution is -2.56. The van der Waals surface area contributed by atoms with Gasteiger partial charge in [-0.05, 0) is 31.3 Å². The molecule has 0 N–H and O–H groups in total. The number of hydrogen-bond donors (Lipinski definition) is 0. The van der Waals surface area contributed by atoms with E-state index in [1.165, 1.54) is 10.9 Å². The number of rotatable bonds is 3. The minimum atomic E-state index is -0.793. The zero-order valence-electron chi connectivity index (χ0n) is 18.4. The summed E-state index contributed by atoms with van der Waals surface area (Å²) >= 11 is 0. The maximum atomic E-state index is 13.4. The summed E-state index contributed by atoms with van der Waals surface area (Å²) in [6.45, 7) is 2.77. The number of amides is 2. The molecule has 0 spiro atoms. The highest BCUT2D eigenvalue weighted by atomic mass is 16.5. The number of para-hydroxylation sites is 3. The van der Waals surface area contributed by atoms with E-state index in [1.807, 2.05) is 25.2 Å². The molecule has 1 atom stereocenters. The third-order valence-corrected chi connectivity index (χ3v) is 6.20. The zero-order chi connectivity index (χ0) is 22.9. The predicted molar refractivity (Wildman–Crippen MR) is 123 cm³/mol. The van der Waals surface area contributed by atoms with E-state index >= 15 is 0 Å². The Morgan fingerprint density at radius 2 is 1.76 bits per heavy atom. The van der Waals surface area contributed by atoms with Crippen LogP contribution in [0.15, 0.2) is 59.7 Å². The van der Waals surface area contributed by atoms with Crippen LogP contribution < -0.4 is 15.2 Å². The number of ether oxygens (including phenoxy) is 1. The van der Waals surface area contributed by atoms with Crippen LogP contribution in [-0.4, -0.2) is 77.0 Å². The number of carbonyl (C=O) groups excluding carboxylic acids is 2. The summed E-state index contributed by atoms with van der Waals surface area (Å²) in [4.78, 5) is 49.2. The number of likely N-dealkylation sites (N-methyl/N-ethyl adjacent to an activating group) is 1. The Kier molecular flexibility index (Phi) is 5.55. The Morgan fingerprint density at radius 1 is 1.03 bits per heavy atom. The molecule has 3 heterocycles. The molecule has 2 amide bonds. The van der Waals surface area contributed by atoms with Gasteiger partial charge in [0.15, 0.2) is 6.10 Å². The lowest BCUT2D eigenvalue weighted by Gasteiger charge is -2.38. The van der Waals surface area contributed by atoms with Crippen molar-refractivity contribution in [1.82, 2.24) is 19.4 Å². The summed E-state index contributed by atoms with van der Waals surface area (Å²) in [6, 6.07) is 14.2. The smallest absolute Gasteiger partial charge is 0.265 e. The third-order valence-electron chi connectivity index (χ3n) is 6.20. The van der Waals surface area contributed by atoms with E-state index in [0.29, 0.717) is 35.4 Å². The molecule has 2 aromatic carbocycles. The van der Waals surface area contributed by atoms with Gasteiger partial charge in [0.25, 0.3) is 11.5 Å². The molecule has 0 radical (unpaired) electrons. The van der Waals surface area contributed by atoms with E-state index in [4.69, 9.17) is 4.74 Å². The number of nitrogens with zero attached hydrogens (tertiary/aromatic N) is 5. The first-order valence-electron chi connectivity index (χ1n) is 11.0. The van der Waals surface area contributed by atoms with Crippen molar-refractivity contribution in [1.29, 1.82) is 0 Å². The molecule has 2 aliphatic heterocycles. The first-order chi connectivity index (χ1) is 16.0. The van der Waals surface area contributed by atoms with Gasteiger partial charge in [-0.15, -0.1) is 0 Å². The Morgan fingerprint density at radius 3 is 2.58 bits per heavy atom. The average Bonchev–Trinajstić information content (AvgIpc) is 2.85. The van der Waals surface area contributed by atoms with Crippen molar-refractivity contribution >= 4 is 28.4 Å². The van der Waals surface area contributed by atoms with Crippen LogP contribution in [0.5, 0.6) is 5.75 Å². The maximum Gasteiger partial charge on any atom is 0.265 e. The molecule has 5 rings (SSSR count). The van der Waals surface area contributed by atoms with E-state index in [9.17, 15) is 14.4 Å². The van der Waals surface area contributed by atoms with Crippen molar-refractivity contribution in [3.63, 3.8) is 0 Å². The van der Waals surface area contributed by atoms with Gasteiger partial charge in [-0.2, -0.15) is 0 Å². The van der Waals surface area contributed by atoms with Gasteiger partial charge < -0.3 is 19.4 Å². The molecule has 1 saturated heterocycles. The Balaban J connectivity index is 1.40. The Labute approximate surface area is 190 Å². The van der Waals surface area contributed by atoms with Gasteiger partial charge in [-0.25, -0.2) is 4.98 Å². The average molecular weight is 447 g/mol. The minimum absolute atomic E-state index is 0.0940. The molecule has 1 fully saturated rings. The first-order valence-corrected chi connectivity index (χ1v) is 11.0. The monoisotopic (exact) mass is 447 g/mol. The van der Waals surface area contributed by atoms with Crippen LogP contribution in [0, 0.1) is 0 Å². The second-order valence-electron chi connectivity index (χ2n) is 8.40. The zero-order valence-corrected chi connectivity index (χ0v) is 18.4. The lowest BCUT2D eigenvalue weighted by molar-refractivity contribution is -0.140. The lowest BCUT2D eigenvalue weighted by atomic mass is 10.1. The molecule has 33 heavy (non-hydrogen) atoms. The van der Waals surface area contributed by atoms with Gasteiger partial charge in [-0.1, -0.05) is 24.3 Å². The molecule has 3 aromatic rings. The second kappa shape index (κ2) is 8.67. The molecule has 0 saturated carbocycles. The van der Waals surface area contributed by atoms with Crippen LogP contribution in [-0.2, 0) is 16.1 Å². The number of aromatic nitrogens is 2. The van der Waals surface area contributed by atoms with Crippen LogP contribution in [0.25, 0.3) is 10.9 Å². The third kappa shape index (κ3) is 4.07. The quantitative estimate of drug-likeness (QED) is 0.595. The number of anilines is 1. The van der Waals surface area contributed by atoms with Crippen molar-refractivity contribution in [2.45, 2.75) is 12.6 Å². The van der Waals surface area contributed by atoms with Crippen molar-refractivity contribution in [3.8, 4) is 5.75 Å². The van der Waals surface area contributed by atoms with Gasteiger partial charge in [0, 0.05) is 26.2 Å². The molecule has 0 unspecified atom stereocenters. The summed E-state index contributed by atoms with van der Waals surface area (Å²) < 4.78 is 7.31. The number of hydrogen-bond acceptors (Lipinski definition) is 6. The van der Waals surface area contributed by atoms with Gasteiger partial charge in [0.2, 0.25) is 5.91 Å². The van der Waals surface area contributed by atoms with Crippen LogP contribution >= 0.6 is 0 Å². The summed E-state index contributed by atoms with van der Waals surface area (Å²) in [5.41, 5.74) is 0.896. The molecule has 170 valence electrons. The highest BCUT2D eigenvalue weighted by Gasteiger charge is 2.36. The standard InChI is InChI=1S/C24H25N5O4/c1-26-10-12-27(13-11-26)24(32)21-14-29(19-8-4-5-9-20(19)33-21)22(30)15-28-16-25-18-7-3-2-6-17(18)23(28)31/h2-9,16,21H,10-15H2,1H3/t21-/m1/s1. The van der Waals surface area contributed by atoms with Gasteiger partial charge in [0.05, 0.1) is 29.5 Å². The van der Waals surface area contributed by atoms with Crippen LogP contribution in [0.3, 0.4) is 0 Å². The molecule has 0 bridgehead atoms. The summed E-state index contributed by atoms with van der Waals surface area (Å²) in [5.74, 6) is 0.0506. The fraction of sp³-hybridized carbons (Fsp3) is 0.333. The number of piperazine rings is 1. The number of carbonyl (C=O) groups is 2. The molecule has 2 aliphatic rings.